The maximum Gasteiger partial charge on any atom is 0.573 e. The third-order valence-corrected chi connectivity index (χ3v) is 2.54. The Bertz CT molecular complexity index is 471. The molecule has 8 heteroatoms. The first-order valence-corrected chi connectivity index (χ1v) is 5.90. The average Bonchev–Trinajstić information content (AvgIpc) is 2.25. The zero-order valence-electron chi connectivity index (χ0n) is 9.47. The number of ketones is 1. The molecule has 0 N–H and O–H groups in total. The summed E-state index contributed by atoms with van der Waals surface area (Å²) < 4.78 is 65.7. The maximum absolute atomic E-state index is 12.8. The van der Waals surface area contributed by atoms with Crippen molar-refractivity contribution < 1.29 is 31.5 Å². The predicted octanol–water partition coefficient (Wildman–Crippen LogP) is 4.49. The number of halogens is 6. The van der Waals surface area contributed by atoms with E-state index in [2.05, 4.69) is 20.7 Å². The first-order chi connectivity index (χ1) is 8.63. The first kappa shape index (κ1) is 15.9. The highest BCUT2D eigenvalue weighted by Crippen LogP contribution is 2.34. The Labute approximate surface area is 113 Å². The molecule has 0 saturated heterocycles. The molecule has 0 radical (unpaired) electrons. The van der Waals surface area contributed by atoms with Gasteiger partial charge in [0.05, 0.1) is 10.4 Å². The fourth-order valence-corrected chi connectivity index (χ4v) is 1.63. The predicted molar refractivity (Wildman–Crippen MR) is 60.8 cm³/mol. The fourth-order valence-electron chi connectivity index (χ4n) is 1.40. The van der Waals surface area contributed by atoms with E-state index in [9.17, 15) is 26.7 Å². The van der Waals surface area contributed by atoms with E-state index in [4.69, 9.17) is 0 Å². The quantitative estimate of drug-likeness (QED) is 0.456. The molecule has 106 valence electrons. The van der Waals surface area contributed by atoms with Crippen LogP contribution in [0.4, 0.5) is 22.0 Å². The summed E-state index contributed by atoms with van der Waals surface area (Å²) in [5.41, 5.74) is -1.56. The van der Waals surface area contributed by atoms with E-state index < -0.39 is 40.3 Å². The number of carbonyl (C=O) groups excluding carboxylic acids is 1. The van der Waals surface area contributed by atoms with Gasteiger partial charge in [-0.15, -0.1) is 13.2 Å². The van der Waals surface area contributed by atoms with Gasteiger partial charge in [0.2, 0.25) is 0 Å². The molecule has 19 heavy (non-hydrogen) atoms. The molecule has 0 fully saturated rings. The smallest absolute Gasteiger partial charge is 0.405 e. The van der Waals surface area contributed by atoms with Gasteiger partial charge in [0.1, 0.15) is 5.75 Å². The van der Waals surface area contributed by atoms with Gasteiger partial charge in [-0.25, -0.2) is 8.78 Å². The fraction of sp³-hybridized carbons (Fsp3) is 0.364. The van der Waals surface area contributed by atoms with E-state index in [0.717, 1.165) is 18.2 Å². The monoisotopic (exact) mass is 346 g/mol. The highest BCUT2D eigenvalue weighted by molar-refractivity contribution is 9.10. The van der Waals surface area contributed by atoms with Crippen molar-refractivity contribution >= 4 is 21.7 Å². The van der Waals surface area contributed by atoms with E-state index in [1.165, 1.54) is 6.92 Å². The van der Waals surface area contributed by atoms with Crippen LogP contribution in [-0.2, 0) is 0 Å². The van der Waals surface area contributed by atoms with Gasteiger partial charge in [-0.1, -0.05) is 28.1 Å². The number of hydrogen-bond donors (Lipinski definition) is 0. The van der Waals surface area contributed by atoms with Crippen molar-refractivity contribution in [3.05, 3.63) is 29.3 Å². The Morgan fingerprint density at radius 3 is 2.32 bits per heavy atom. The van der Waals surface area contributed by atoms with Crippen molar-refractivity contribution in [3.8, 4) is 5.75 Å². The molecular formula is C11H8BrF5O2. The number of ether oxygens (including phenoxy) is 1. The van der Waals surface area contributed by atoms with Crippen LogP contribution in [0.25, 0.3) is 0 Å². The molecule has 0 heterocycles. The highest BCUT2D eigenvalue weighted by Gasteiger charge is 2.35. The van der Waals surface area contributed by atoms with Gasteiger partial charge >= 0.3 is 6.36 Å². The second kappa shape index (κ2) is 5.85. The number of hydrogen-bond acceptors (Lipinski definition) is 2. The van der Waals surface area contributed by atoms with Gasteiger partial charge < -0.3 is 4.74 Å². The minimum absolute atomic E-state index is 0.765. The number of benzene rings is 1. The SMILES string of the molecule is CC(Br)C(=O)c1c(OC(F)(F)F)cccc1C(F)F. The standard InChI is InChI=1S/C11H8BrF5O2/c1-5(12)9(18)8-6(10(13)14)3-2-4-7(8)19-11(15,16)17/h2-5,10H,1H3. The molecule has 1 rings (SSSR count). The Morgan fingerprint density at radius 2 is 1.89 bits per heavy atom. The Kier molecular flexibility index (Phi) is 4.89. The summed E-state index contributed by atoms with van der Waals surface area (Å²) >= 11 is 2.84. The number of rotatable bonds is 4. The first-order valence-electron chi connectivity index (χ1n) is 4.98. The van der Waals surface area contributed by atoms with Crippen LogP contribution in [0, 0.1) is 0 Å². The lowest BCUT2D eigenvalue weighted by atomic mass is 10.0. The molecule has 0 spiro atoms. The molecule has 0 aliphatic rings. The highest BCUT2D eigenvalue weighted by atomic mass is 79.9. The third kappa shape index (κ3) is 4.15. The summed E-state index contributed by atoms with van der Waals surface area (Å²) in [5, 5.41) is 0. The summed E-state index contributed by atoms with van der Waals surface area (Å²) in [6, 6.07) is 2.68. The second-order valence-corrected chi connectivity index (χ2v) is 4.92. The van der Waals surface area contributed by atoms with Crippen LogP contribution < -0.4 is 4.74 Å². The lowest BCUT2D eigenvalue weighted by Gasteiger charge is -2.16. The van der Waals surface area contributed by atoms with Gasteiger partial charge in [0.25, 0.3) is 6.43 Å². The molecule has 2 nitrogen and oxygen atoms in total. The Morgan fingerprint density at radius 1 is 1.32 bits per heavy atom. The largest absolute Gasteiger partial charge is 0.573 e. The summed E-state index contributed by atoms with van der Waals surface area (Å²) in [6.45, 7) is 1.32. The van der Waals surface area contributed by atoms with Crippen LogP contribution in [0.15, 0.2) is 18.2 Å². The van der Waals surface area contributed by atoms with E-state index in [0.29, 0.717) is 0 Å². The van der Waals surface area contributed by atoms with Crippen LogP contribution in [0.1, 0.15) is 29.3 Å². The molecule has 1 aromatic rings. The second-order valence-electron chi connectivity index (χ2n) is 3.55. The van der Waals surface area contributed by atoms with Gasteiger partial charge in [-0.3, -0.25) is 4.79 Å². The van der Waals surface area contributed by atoms with Gasteiger partial charge in [-0.2, -0.15) is 0 Å². The number of Topliss-reactive ketones (excluding diaryl/α,β-unsaturated/α-hetero) is 1. The van der Waals surface area contributed by atoms with Crippen molar-refractivity contribution in [1.29, 1.82) is 0 Å². The van der Waals surface area contributed by atoms with Crippen LogP contribution in [0.5, 0.6) is 5.75 Å². The molecule has 1 aromatic carbocycles. The zero-order chi connectivity index (χ0) is 14.8. The average molecular weight is 347 g/mol. The minimum Gasteiger partial charge on any atom is -0.405 e. The van der Waals surface area contributed by atoms with Crippen LogP contribution >= 0.6 is 15.9 Å². The lowest BCUT2D eigenvalue weighted by molar-refractivity contribution is -0.274. The van der Waals surface area contributed by atoms with Gasteiger partial charge in [0, 0.05) is 5.56 Å². The van der Waals surface area contributed by atoms with Crippen LogP contribution in [0.3, 0.4) is 0 Å². The van der Waals surface area contributed by atoms with E-state index in [1.807, 2.05) is 0 Å². The molecule has 0 aromatic heterocycles. The molecule has 0 aliphatic heterocycles. The molecule has 0 bridgehead atoms. The zero-order valence-corrected chi connectivity index (χ0v) is 11.1. The molecule has 0 aliphatic carbocycles. The Hall–Kier alpha value is -1.18. The summed E-state index contributed by atoms with van der Waals surface area (Å²) in [5.74, 6) is -1.84. The van der Waals surface area contributed by atoms with Crippen molar-refractivity contribution in [2.75, 3.05) is 0 Å². The van der Waals surface area contributed by atoms with Gasteiger partial charge in [-0.05, 0) is 13.0 Å². The Balaban J connectivity index is 3.38. The maximum atomic E-state index is 12.8. The van der Waals surface area contributed by atoms with Crippen molar-refractivity contribution in [1.82, 2.24) is 0 Å². The third-order valence-electron chi connectivity index (χ3n) is 2.13. The van der Waals surface area contributed by atoms with Crippen molar-refractivity contribution in [2.24, 2.45) is 0 Å². The molecule has 0 amide bonds. The molecular weight excluding hydrogens is 339 g/mol. The number of alkyl halides is 6. The van der Waals surface area contributed by atoms with E-state index in [1.54, 1.807) is 0 Å². The van der Waals surface area contributed by atoms with Gasteiger partial charge in [0.15, 0.2) is 5.78 Å². The van der Waals surface area contributed by atoms with Crippen molar-refractivity contribution in [2.45, 2.75) is 24.5 Å². The summed E-state index contributed by atoms with van der Waals surface area (Å²) in [7, 11) is 0. The van der Waals surface area contributed by atoms with E-state index in [-0.39, 0.29) is 0 Å². The summed E-state index contributed by atoms with van der Waals surface area (Å²) in [6.07, 6.45) is -8.15. The summed E-state index contributed by atoms with van der Waals surface area (Å²) in [4.78, 5) is 10.8. The van der Waals surface area contributed by atoms with E-state index >= 15 is 0 Å². The normalized spacial score (nSPS) is 13.5. The minimum atomic E-state index is -5.06. The lowest BCUT2D eigenvalue weighted by Crippen LogP contribution is -2.21. The molecule has 0 saturated carbocycles. The topological polar surface area (TPSA) is 26.3 Å². The molecule has 1 unspecified atom stereocenters. The number of carbonyl (C=O) groups is 1. The van der Waals surface area contributed by atoms with Crippen LogP contribution in [0.2, 0.25) is 0 Å². The van der Waals surface area contributed by atoms with Crippen molar-refractivity contribution in [3.63, 3.8) is 0 Å². The van der Waals surface area contributed by atoms with Crippen LogP contribution in [-0.4, -0.2) is 17.0 Å². The molecule has 1 atom stereocenters.